The van der Waals surface area contributed by atoms with Crippen molar-refractivity contribution in [2.24, 2.45) is 0 Å². The predicted octanol–water partition coefficient (Wildman–Crippen LogP) is 3.42. The number of methoxy groups -OCH3 is 1. The number of carbonyl (C=O) groups excluding carboxylic acids is 1. The molecular weight excluding hydrogens is 318 g/mol. The molecule has 2 atom stereocenters. The van der Waals surface area contributed by atoms with Gasteiger partial charge in [0, 0.05) is 12.1 Å². The molecule has 25 heavy (non-hydrogen) atoms. The average Bonchev–Trinajstić information content (AvgIpc) is 3.21. The lowest BCUT2D eigenvalue weighted by Gasteiger charge is -2.36. The van der Waals surface area contributed by atoms with Crippen LogP contribution < -0.4 is 4.74 Å². The quantitative estimate of drug-likeness (QED) is 0.924. The molecule has 1 aliphatic rings. The third-order valence-corrected chi connectivity index (χ3v) is 5.07. The van der Waals surface area contributed by atoms with E-state index >= 15 is 0 Å². The molecule has 1 aromatic heterocycles. The minimum atomic E-state index is -1.14. The van der Waals surface area contributed by atoms with Gasteiger partial charge < -0.3 is 19.2 Å². The maximum atomic E-state index is 13.0. The number of furan rings is 1. The zero-order valence-corrected chi connectivity index (χ0v) is 15.2. The summed E-state index contributed by atoms with van der Waals surface area (Å²) in [6.07, 6.45) is 1.62. The maximum absolute atomic E-state index is 13.0. The van der Waals surface area contributed by atoms with Gasteiger partial charge in [0.2, 0.25) is 0 Å². The Labute approximate surface area is 148 Å². The largest absolute Gasteiger partial charge is 0.497 e. The van der Waals surface area contributed by atoms with Gasteiger partial charge in [0.25, 0.3) is 5.91 Å². The normalized spacial score (nSPS) is 19.7. The van der Waals surface area contributed by atoms with E-state index in [-0.39, 0.29) is 11.9 Å². The molecule has 3 rings (SSSR count). The van der Waals surface area contributed by atoms with Crippen molar-refractivity contribution in [3.05, 3.63) is 53.0 Å². The van der Waals surface area contributed by atoms with Gasteiger partial charge in [-0.3, -0.25) is 4.79 Å². The van der Waals surface area contributed by atoms with Crippen LogP contribution in [0.25, 0.3) is 0 Å². The third-order valence-electron chi connectivity index (χ3n) is 5.07. The molecule has 0 unspecified atom stereocenters. The summed E-state index contributed by atoms with van der Waals surface area (Å²) in [4.78, 5) is 14.7. The summed E-state index contributed by atoms with van der Waals surface area (Å²) in [6, 6.07) is 8.92. The molecule has 1 fully saturated rings. The summed E-state index contributed by atoms with van der Waals surface area (Å²) >= 11 is 0. The van der Waals surface area contributed by atoms with E-state index in [0.29, 0.717) is 12.3 Å². The standard InChI is InChI=1S/C20H25NO4/c1-13-12-14(2)25-18(13)19(22)21-11-5-6-17(21)20(3,23)15-7-9-16(24-4)10-8-15/h7-10,12,17,23H,5-6,11H2,1-4H3/t17-,20+/m0/s1. The molecule has 5 nitrogen and oxygen atoms in total. The lowest BCUT2D eigenvalue weighted by Crippen LogP contribution is -2.48. The van der Waals surface area contributed by atoms with Crippen LogP contribution >= 0.6 is 0 Å². The number of hydrogen-bond acceptors (Lipinski definition) is 4. The van der Waals surface area contributed by atoms with Gasteiger partial charge in [-0.15, -0.1) is 0 Å². The van der Waals surface area contributed by atoms with Crippen LogP contribution in [-0.2, 0) is 5.60 Å². The average molecular weight is 343 g/mol. The number of benzene rings is 1. The molecule has 5 heteroatoms. The Hall–Kier alpha value is -2.27. The fourth-order valence-corrected chi connectivity index (χ4v) is 3.70. The Morgan fingerprint density at radius 2 is 2.00 bits per heavy atom. The number of amides is 1. The summed E-state index contributed by atoms with van der Waals surface area (Å²) in [5.74, 6) is 1.68. The first-order valence-electron chi connectivity index (χ1n) is 8.59. The van der Waals surface area contributed by atoms with E-state index in [1.807, 2.05) is 44.2 Å². The molecule has 2 aromatic rings. The van der Waals surface area contributed by atoms with Crippen LogP contribution in [0.2, 0.25) is 0 Å². The molecule has 1 aliphatic heterocycles. The minimum Gasteiger partial charge on any atom is -0.497 e. The number of ether oxygens (including phenoxy) is 1. The second-order valence-electron chi connectivity index (χ2n) is 6.90. The highest BCUT2D eigenvalue weighted by molar-refractivity contribution is 5.93. The van der Waals surface area contributed by atoms with Crippen molar-refractivity contribution < 1.29 is 19.1 Å². The lowest BCUT2D eigenvalue weighted by atomic mass is 9.86. The van der Waals surface area contributed by atoms with Gasteiger partial charge in [-0.2, -0.15) is 0 Å². The van der Waals surface area contributed by atoms with E-state index < -0.39 is 5.60 Å². The minimum absolute atomic E-state index is 0.151. The maximum Gasteiger partial charge on any atom is 0.290 e. The molecule has 1 saturated heterocycles. The molecule has 1 aromatic carbocycles. The van der Waals surface area contributed by atoms with Gasteiger partial charge in [-0.1, -0.05) is 12.1 Å². The molecular formula is C20H25NO4. The van der Waals surface area contributed by atoms with Crippen LogP contribution in [0.3, 0.4) is 0 Å². The van der Waals surface area contributed by atoms with Crippen LogP contribution in [0.5, 0.6) is 5.75 Å². The van der Waals surface area contributed by atoms with Crippen LogP contribution in [0, 0.1) is 13.8 Å². The van der Waals surface area contributed by atoms with Crippen LogP contribution in [0.4, 0.5) is 0 Å². The zero-order valence-electron chi connectivity index (χ0n) is 15.2. The van der Waals surface area contributed by atoms with Crippen molar-refractivity contribution in [1.29, 1.82) is 0 Å². The van der Waals surface area contributed by atoms with E-state index in [1.54, 1.807) is 18.9 Å². The molecule has 0 saturated carbocycles. The fourth-order valence-electron chi connectivity index (χ4n) is 3.70. The Morgan fingerprint density at radius 1 is 1.32 bits per heavy atom. The number of carbonyl (C=O) groups is 1. The zero-order chi connectivity index (χ0) is 18.2. The van der Waals surface area contributed by atoms with Crippen molar-refractivity contribution >= 4 is 5.91 Å². The smallest absolute Gasteiger partial charge is 0.290 e. The molecule has 1 N–H and O–H groups in total. The summed E-state index contributed by atoms with van der Waals surface area (Å²) in [5, 5.41) is 11.2. The van der Waals surface area contributed by atoms with Gasteiger partial charge in [-0.05, 0) is 57.4 Å². The molecule has 0 spiro atoms. The van der Waals surface area contributed by atoms with Gasteiger partial charge in [0.15, 0.2) is 5.76 Å². The highest BCUT2D eigenvalue weighted by Crippen LogP contribution is 2.36. The monoisotopic (exact) mass is 343 g/mol. The molecule has 2 heterocycles. The molecule has 0 bridgehead atoms. The summed E-state index contributed by atoms with van der Waals surface area (Å²) in [6.45, 7) is 6.09. The van der Waals surface area contributed by atoms with Crippen LogP contribution in [0.1, 0.15) is 47.2 Å². The number of hydrogen-bond donors (Lipinski definition) is 1. The summed E-state index contributed by atoms with van der Waals surface area (Å²) in [7, 11) is 1.61. The topological polar surface area (TPSA) is 62.9 Å². The van der Waals surface area contributed by atoms with E-state index in [1.165, 1.54) is 0 Å². The number of aryl methyl sites for hydroxylation is 2. The number of aliphatic hydroxyl groups is 1. The van der Waals surface area contributed by atoms with Gasteiger partial charge in [0.05, 0.1) is 13.2 Å². The van der Waals surface area contributed by atoms with Crippen LogP contribution in [0.15, 0.2) is 34.7 Å². The second-order valence-corrected chi connectivity index (χ2v) is 6.90. The first-order valence-corrected chi connectivity index (χ1v) is 8.59. The molecule has 0 radical (unpaired) electrons. The number of rotatable bonds is 4. The first kappa shape index (κ1) is 17.5. The Morgan fingerprint density at radius 3 is 2.56 bits per heavy atom. The highest BCUT2D eigenvalue weighted by Gasteiger charge is 2.43. The highest BCUT2D eigenvalue weighted by atomic mass is 16.5. The molecule has 0 aliphatic carbocycles. The predicted molar refractivity (Wildman–Crippen MR) is 94.8 cm³/mol. The first-order chi connectivity index (χ1) is 11.8. The fraction of sp³-hybridized carbons (Fsp3) is 0.450. The second kappa shape index (κ2) is 6.56. The summed E-state index contributed by atoms with van der Waals surface area (Å²) in [5.41, 5.74) is 0.455. The Bertz CT molecular complexity index is 761. The molecule has 134 valence electrons. The lowest BCUT2D eigenvalue weighted by molar-refractivity contribution is -0.0186. The Kier molecular flexibility index (Phi) is 4.60. The third kappa shape index (κ3) is 3.16. The van der Waals surface area contributed by atoms with Gasteiger partial charge in [0.1, 0.15) is 17.1 Å². The Balaban J connectivity index is 1.89. The number of nitrogens with zero attached hydrogens (tertiary/aromatic N) is 1. The van der Waals surface area contributed by atoms with Crippen molar-refractivity contribution in [3.63, 3.8) is 0 Å². The van der Waals surface area contributed by atoms with E-state index in [9.17, 15) is 9.90 Å². The van der Waals surface area contributed by atoms with E-state index in [4.69, 9.17) is 9.15 Å². The molecule has 1 amide bonds. The van der Waals surface area contributed by atoms with Gasteiger partial charge >= 0.3 is 0 Å². The number of likely N-dealkylation sites (tertiary alicyclic amines) is 1. The van der Waals surface area contributed by atoms with Crippen molar-refractivity contribution in [2.75, 3.05) is 13.7 Å². The van der Waals surface area contributed by atoms with Crippen LogP contribution in [-0.4, -0.2) is 35.6 Å². The van der Waals surface area contributed by atoms with E-state index in [2.05, 4.69) is 0 Å². The van der Waals surface area contributed by atoms with Crippen molar-refractivity contribution in [3.8, 4) is 5.75 Å². The SMILES string of the molecule is COc1ccc([C@@](C)(O)[C@@H]2CCCN2C(=O)c2oc(C)cc2C)cc1. The van der Waals surface area contributed by atoms with Gasteiger partial charge in [-0.25, -0.2) is 0 Å². The van der Waals surface area contributed by atoms with E-state index in [0.717, 1.165) is 35.5 Å². The van der Waals surface area contributed by atoms with Crippen molar-refractivity contribution in [1.82, 2.24) is 4.90 Å². The summed E-state index contributed by atoms with van der Waals surface area (Å²) < 4.78 is 10.8. The van der Waals surface area contributed by atoms with Crippen molar-refractivity contribution in [2.45, 2.75) is 45.3 Å².